The Morgan fingerprint density at radius 2 is 1.89 bits per heavy atom. The van der Waals surface area contributed by atoms with Gasteiger partial charge in [0.05, 0.1) is 6.54 Å². The van der Waals surface area contributed by atoms with Crippen molar-refractivity contribution >= 4 is 0 Å². The highest BCUT2D eigenvalue weighted by molar-refractivity contribution is 5.21. The van der Waals surface area contributed by atoms with E-state index in [0.29, 0.717) is 0 Å². The molecule has 0 amide bonds. The van der Waals surface area contributed by atoms with Crippen LogP contribution in [0.3, 0.4) is 0 Å². The summed E-state index contributed by atoms with van der Waals surface area (Å²) in [4.78, 5) is 1.15. The van der Waals surface area contributed by atoms with Crippen molar-refractivity contribution in [2.24, 2.45) is 5.73 Å². The van der Waals surface area contributed by atoms with Gasteiger partial charge in [-0.05, 0) is 12.6 Å². The van der Waals surface area contributed by atoms with Crippen LogP contribution >= 0.6 is 0 Å². The number of nitrogens with zero attached hydrogens (tertiary/aromatic N) is 1. The van der Waals surface area contributed by atoms with E-state index < -0.39 is 24.6 Å². The van der Waals surface area contributed by atoms with E-state index in [4.69, 9.17) is 5.73 Å². The molecule has 0 spiro atoms. The molecule has 18 heavy (non-hydrogen) atoms. The van der Waals surface area contributed by atoms with Crippen LogP contribution in [0.15, 0.2) is 24.3 Å². The molecule has 2 nitrogen and oxygen atoms in total. The summed E-state index contributed by atoms with van der Waals surface area (Å²) in [6.45, 7) is 0.754. The third kappa shape index (κ3) is 4.62. The normalized spacial score (nSPS) is 13.9. The van der Waals surface area contributed by atoms with Crippen LogP contribution in [0.25, 0.3) is 0 Å². The van der Waals surface area contributed by atoms with Gasteiger partial charge in [-0.1, -0.05) is 25.1 Å². The zero-order chi connectivity index (χ0) is 13.8. The maximum absolute atomic E-state index is 13.4. The molecule has 0 aliphatic rings. The van der Waals surface area contributed by atoms with Crippen LogP contribution in [0, 0.1) is 5.82 Å². The van der Waals surface area contributed by atoms with Crippen LogP contribution in [0.2, 0.25) is 0 Å². The Kier molecular flexibility index (Phi) is 5.10. The highest BCUT2D eigenvalue weighted by Gasteiger charge is 2.30. The molecular formula is C12H16F4N2. The Morgan fingerprint density at radius 1 is 1.28 bits per heavy atom. The number of hydrogen-bond acceptors (Lipinski definition) is 2. The van der Waals surface area contributed by atoms with E-state index in [1.807, 2.05) is 0 Å². The highest BCUT2D eigenvalue weighted by Crippen LogP contribution is 2.20. The molecule has 0 fully saturated rings. The number of halogens is 4. The molecule has 0 aliphatic carbocycles. The lowest BCUT2D eigenvalue weighted by Crippen LogP contribution is -2.39. The molecule has 1 atom stereocenters. The monoisotopic (exact) mass is 264 g/mol. The Hall–Kier alpha value is -1.14. The first-order valence-electron chi connectivity index (χ1n) is 5.62. The molecule has 0 radical (unpaired) electrons. The second-order valence-corrected chi connectivity index (χ2v) is 4.07. The summed E-state index contributed by atoms with van der Waals surface area (Å²) in [6, 6.07) is 5.09. The Bertz CT molecular complexity index is 379. The molecule has 0 aromatic heterocycles. The molecular weight excluding hydrogens is 248 g/mol. The molecule has 1 aromatic carbocycles. The van der Waals surface area contributed by atoms with Gasteiger partial charge in [0, 0.05) is 18.2 Å². The third-order valence-corrected chi connectivity index (χ3v) is 2.61. The van der Waals surface area contributed by atoms with Crippen LogP contribution in [-0.4, -0.2) is 30.7 Å². The Labute approximate surface area is 103 Å². The smallest absolute Gasteiger partial charge is 0.323 e. The van der Waals surface area contributed by atoms with Crippen molar-refractivity contribution in [2.75, 3.05) is 19.6 Å². The maximum atomic E-state index is 13.4. The summed E-state index contributed by atoms with van der Waals surface area (Å²) in [5.74, 6) is -0.493. The van der Waals surface area contributed by atoms with Gasteiger partial charge in [-0.25, -0.2) is 4.39 Å². The summed E-state index contributed by atoms with van der Waals surface area (Å²) < 4.78 is 50.2. The standard InChI is InChI=1S/C12H16F4N2/c1-2-18(8-12(14,15)16)7-11(17)9-5-3-4-6-10(9)13/h3-6,11H,2,7-8,17H2,1H3. The zero-order valence-corrected chi connectivity index (χ0v) is 10.0. The van der Waals surface area contributed by atoms with E-state index >= 15 is 0 Å². The topological polar surface area (TPSA) is 29.3 Å². The average molecular weight is 264 g/mol. The lowest BCUT2D eigenvalue weighted by atomic mass is 10.1. The van der Waals surface area contributed by atoms with Gasteiger partial charge in [0.1, 0.15) is 5.82 Å². The van der Waals surface area contributed by atoms with Gasteiger partial charge < -0.3 is 5.73 Å². The van der Waals surface area contributed by atoms with Crippen LogP contribution in [0.5, 0.6) is 0 Å². The molecule has 1 aromatic rings. The van der Waals surface area contributed by atoms with E-state index in [1.54, 1.807) is 13.0 Å². The predicted molar refractivity (Wildman–Crippen MR) is 61.5 cm³/mol. The van der Waals surface area contributed by atoms with Crippen molar-refractivity contribution < 1.29 is 17.6 Å². The average Bonchev–Trinajstić information content (AvgIpc) is 2.26. The second-order valence-electron chi connectivity index (χ2n) is 4.07. The molecule has 0 saturated heterocycles. The van der Waals surface area contributed by atoms with Crippen LogP contribution in [0.1, 0.15) is 18.5 Å². The fraction of sp³-hybridized carbons (Fsp3) is 0.500. The lowest BCUT2D eigenvalue weighted by molar-refractivity contribution is -0.145. The number of rotatable bonds is 5. The zero-order valence-electron chi connectivity index (χ0n) is 10.0. The number of likely N-dealkylation sites (N-methyl/N-ethyl adjacent to an activating group) is 1. The SMILES string of the molecule is CCN(CC(N)c1ccccc1F)CC(F)(F)F. The minimum absolute atomic E-state index is 0.0308. The van der Waals surface area contributed by atoms with Gasteiger partial charge >= 0.3 is 6.18 Å². The molecule has 0 aliphatic heterocycles. The van der Waals surface area contributed by atoms with E-state index in [0.717, 1.165) is 4.90 Å². The molecule has 0 saturated carbocycles. The summed E-state index contributed by atoms with van der Waals surface area (Å²) in [5.41, 5.74) is 5.98. The van der Waals surface area contributed by atoms with E-state index in [1.165, 1.54) is 18.2 Å². The van der Waals surface area contributed by atoms with Gasteiger partial charge in [0.2, 0.25) is 0 Å². The first-order valence-corrected chi connectivity index (χ1v) is 5.62. The van der Waals surface area contributed by atoms with E-state index in [-0.39, 0.29) is 18.7 Å². The van der Waals surface area contributed by atoms with Gasteiger partial charge in [-0.15, -0.1) is 0 Å². The van der Waals surface area contributed by atoms with Gasteiger partial charge in [0.15, 0.2) is 0 Å². The van der Waals surface area contributed by atoms with Crippen molar-refractivity contribution in [3.8, 4) is 0 Å². The third-order valence-electron chi connectivity index (χ3n) is 2.61. The van der Waals surface area contributed by atoms with E-state index in [9.17, 15) is 17.6 Å². The fourth-order valence-electron chi connectivity index (χ4n) is 1.71. The molecule has 2 N–H and O–H groups in total. The second kappa shape index (κ2) is 6.15. The highest BCUT2D eigenvalue weighted by atomic mass is 19.4. The molecule has 6 heteroatoms. The van der Waals surface area contributed by atoms with Gasteiger partial charge in [-0.2, -0.15) is 13.2 Å². The first kappa shape index (κ1) is 14.9. The van der Waals surface area contributed by atoms with Gasteiger partial charge in [-0.3, -0.25) is 4.90 Å². The number of hydrogen-bond donors (Lipinski definition) is 1. The molecule has 1 unspecified atom stereocenters. The summed E-state index contributed by atoms with van der Waals surface area (Å²) in [5, 5.41) is 0. The molecule has 102 valence electrons. The molecule has 1 rings (SSSR count). The molecule has 0 bridgehead atoms. The van der Waals surface area contributed by atoms with Crippen molar-refractivity contribution in [3.63, 3.8) is 0 Å². The minimum Gasteiger partial charge on any atom is -0.323 e. The van der Waals surface area contributed by atoms with Crippen molar-refractivity contribution in [2.45, 2.75) is 19.1 Å². The summed E-state index contributed by atoms with van der Waals surface area (Å²) in [6.07, 6.45) is -4.27. The Balaban J connectivity index is 2.68. The van der Waals surface area contributed by atoms with Crippen molar-refractivity contribution in [1.82, 2.24) is 4.90 Å². The quantitative estimate of drug-likeness (QED) is 0.828. The van der Waals surface area contributed by atoms with Crippen LogP contribution in [-0.2, 0) is 0 Å². The maximum Gasteiger partial charge on any atom is 0.401 e. The first-order chi connectivity index (χ1) is 8.33. The lowest BCUT2D eigenvalue weighted by Gasteiger charge is -2.25. The minimum atomic E-state index is -4.27. The predicted octanol–water partition coefficient (Wildman–Crippen LogP) is 2.71. The number of benzene rings is 1. The number of alkyl halides is 3. The largest absolute Gasteiger partial charge is 0.401 e. The Morgan fingerprint density at radius 3 is 2.39 bits per heavy atom. The van der Waals surface area contributed by atoms with Crippen LogP contribution < -0.4 is 5.73 Å². The van der Waals surface area contributed by atoms with Crippen molar-refractivity contribution in [3.05, 3.63) is 35.6 Å². The van der Waals surface area contributed by atoms with E-state index in [2.05, 4.69) is 0 Å². The number of nitrogens with two attached hydrogens (primary N) is 1. The van der Waals surface area contributed by atoms with Gasteiger partial charge in [0.25, 0.3) is 0 Å². The summed E-state index contributed by atoms with van der Waals surface area (Å²) in [7, 11) is 0. The fourth-order valence-corrected chi connectivity index (χ4v) is 1.71. The summed E-state index contributed by atoms with van der Waals surface area (Å²) >= 11 is 0. The van der Waals surface area contributed by atoms with Crippen LogP contribution in [0.4, 0.5) is 17.6 Å². The molecule has 0 heterocycles. The van der Waals surface area contributed by atoms with Crippen molar-refractivity contribution in [1.29, 1.82) is 0 Å².